The van der Waals surface area contributed by atoms with Crippen molar-refractivity contribution in [1.29, 1.82) is 0 Å². The van der Waals surface area contributed by atoms with Crippen LogP contribution in [0.3, 0.4) is 0 Å². The standard InChI is InChI=1S/C26H25BrO5/c1-2-15-30-24-14-13-21(27)18-23(24)26(29)32-22-12-6-11-20(17-22)25(28)31-16-7-10-19-8-4-3-5-9-19/h3-6,8-9,11-14,17-18H,2,7,10,15-16H2,1H3. The average Bonchev–Trinajstić information content (AvgIpc) is 2.81. The monoisotopic (exact) mass is 496 g/mol. The first-order valence-corrected chi connectivity index (χ1v) is 11.3. The molecule has 3 rings (SSSR count). The summed E-state index contributed by atoms with van der Waals surface area (Å²) < 4.78 is 17.3. The molecule has 0 aliphatic carbocycles. The van der Waals surface area contributed by atoms with Gasteiger partial charge in [-0.1, -0.05) is 59.3 Å². The molecule has 0 unspecified atom stereocenters. The Morgan fingerprint density at radius 3 is 2.47 bits per heavy atom. The highest BCUT2D eigenvalue weighted by Crippen LogP contribution is 2.25. The molecule has 0 radical (unpaired) electrons. The van der Waals surface area contributed by atoms with Gasteiger partial charge in [0.15, 0.2) is 0 Å². The van der Waals surface area contributed by atoms with E-state index in [4.69, 9.17) is 14.2 Å². The first kappa shape index (κ1) is 23.5. The fourth-order valence-corrected chi connectivity index (χ4v) is 3.38. The molecular weight excluding hydrogens is 472 g/mol. The predicted octanol–water partition coefficient (Wildman–Crippen LogP) is 6.25. The number of hydrogen-bond acceptors (Lipinski definition) is 5. The van der Waals surface area contributed by atoms with E-state index in [1.807, 2.05) is 37.3 Å². The van der Waals surface area contributed by atoms with Gasteiger partial charge in [0.1, 0.15) is 17.1 Å². The number of hydrogen-bond donors (Lipinski definition) is 0. The maximum atomic E-state index is 12.7. The van der Waals surface area contributed by atoms with E-state index in [2.05, 4.69) is 15.9 Å². The number of aryl methyl sites for hydroxylation is 1. The zero-order valence-electron chi connectivity index (χ0n) is 17.9. The minimum absolute atomic E-state index is 0.259. The fourth-order valence-electron chi connectivity index (χ4n) is 3.02. The maximum Gasteiger partial charge on any atom is 0.347 e. The van der Waals surface area contributed by atoms with Gasteiger partial charge in [-0.05, 0) is 61.2 Å². The molecule has 0 saturated carbocycles. The van der Waals surface area contributed by atoms with Crippen LogP contribution in [0.1, 0.15) is 46.0 Å². The van der Waals surface area contributed by atoms with Gasteiger partial charge in [0.2, 0.25) is 0 Å². The van der Waals surface area contributed by atoms with Gasteiger partial charge in [0, 0.05) is 4.47 Å². The Balaban J connectivity index is 1.59. The largest absolute Gasteiger partial charge is 0.493 e. The minimum atomic E-state index is -0.564. The van der Waals surface area contributed by atoms with Crippen LogP contribution in [-0.4, -0.2) is 25.2 Å². The van der Waals surface area contributed by atoms with Gasteiger partial charge in [0.25, 0.3) is 0 Å². The summed E-state index contributed by atoms with van der Waals surface area (Å²) in [6.45, 7) is 2.80. The number of carbonyl (C=O) groups excluding carboxylic acids is 2. The van der Waals surface area contributed by atoms with Crippen molar-refractivity contribution in [3.05, 3.63) is 94.0 Å². The summed E-state index contributed by atoms with van der Waals surface area (Å²) in [6, 6.07) is 21.6. The smallest absolute Gasteiger partial charge is 0.347 e. The highest BCUT2D eigenvalue weighted by Gasteiger charge is 2.17. The zero-order valence-corrected chi connectivity index (χ0v) is 19.5. The predicted molar refractivity (Wildman–Crippen MR) is 126 cm³/mol. The lowest BCUT2D eigenvalue weighted by Gasteiger charge is -2.11. The Morgan fingerprint density at radius 1 is 0.875 bits per heavy atom. The second kappa shape index (κ2) is 12.1. The van der Waals surface area contributed by atoms with Crippen LogP contribution in [0.15, 0.2) is 77.3 Å². The topological polar surface area (TPSA) is 61.8 Å². The second-order valence-electron chi connectivity index (χ2n) is 7.13. The van der Waals surface area contributed by atoms with E-state index >= 15 is 0 Å². The molecule has 3 aromatic carbocycles. The highest BCUT2D eigenvalue weighted by atomic mass is 79.9. The zero-order chi connectivity index (χ0) is 22.8. The molecule has 166 valence electrons. The summed E-state index contributed by atoms with van der Waals surface area (Å²) in [4.78, 5) is 25.1. The molecule has 0 aliphatic rings. The summed E-state index contributed by atoms with van der Waals surface area (Å²) in [5.41, 5.74) is 1.83. The fraction of sp³-hybridized carbons (Fsp3) is 0.231. The van der Waals surface area contributed by atoms with Gasteiger partial charge in [-0.3, -0.25) is 0 Å². The molecule has 0 saturated heterocycles. The van der Waals surface area contributed by atoms with E-state index in [1.54, 1.807) is 36.4 Å². The van der Waals surface area contributed by atoms with E-state index < -0.39 is 11.9 Å². The molecule has 32 heavy (non-hydrogen) atoms. The molecule has 0 atom stereocenters. The normalized spacial score (nSPS) is 10.4. The van der Waals surface area contributed by atoms with E-state index in [-0.39, 0.29) is 5.75 Å². The molecule has 6 heteroatoms. The summed E-state index contributed by atoms with van der Waals surface area (Å²) >= 11 is 3.37. The Bertz CT molecular complexity index is 1050. The minimum Gasteiger partial charge on any atom is -0.493 e. The van der Waals surface area contributed by atoms with Crippen LogP contribution in [0.25, 0.3) is 0 Å². The summed E-state index contributed by atoms with van der Waals surface area (Å²) in [5.74, 6) is -0.305. The van der Waals surface area contributed by atoms with Crippen molar-refractivity contribution in [1.82, 2.24) is 0 Å². The first-order valence-electron chi connectivity index (χ1n) is 10.5. The number of carbonyl (C=O) groups is 2. The van der Waals surface area contributed by atoms with Gasteiger partial charge >= 0.3 is 11.9 Å². The Morgan fingerprint density at radius 2 is 1.69 bits per heavy atom. The number of rotatable bonds is 10. The van der Waals surface area contributed by atoms with Gasteiger partial charge in [-0.15, -0.1) is 0 Å². The number of esters is 2. The van der Waals surface area contributed by atoms with Gasteiger partial charge in [0.05, 0.1) is 18.8 Å². The molecular formula is C26H25BrO5. The quantitative estimate of drug-likeness (QED) is 0.188. The van der Waals surface area contributed by atoms with Crippen molar-refractivity contribution < 1.29 is 23.8 Å². The van der Waals surface area contributed by atoms with Crippen molar-refractivity contribution >= 4 is 27.9 Å². The number of ether oxygens (including phenoxy) is 3. The lowest BCUT2D eigenvalue weighted by molar-refractivity contribution is 0.0498. The molecule has 0 fully saturated rings. The third-order valence-electron chi connectivity index (χ3n) is 4.59. The first-order chi connectivity index (χ1) is 15.6. The molecule has 0 aromatic heterocycles. The van der Waals surface area contributed by atoms with Crippen molar-refractivity contribution in [3.8, 4) is 11.5 Å². The van der Waals surface area contributed by atoms with Crippen molar-refractivity contribution in [2.75, 3.05) is 13.2 Å². The van der Waals surface area contributed by atoms with Gasteiger partial charge in [-0.2, -0.15) is 0 Å². The van der Waals surface area contributed by atoms with E-state index in [1.165, 1.54) is 11.6 Å². The van der Waals surface area contributed by atoms with Crippen molar-refractivity contribution in [2.24, 2.45) is 0 Å². The molecule has 0 heterocycles. The molecule has 5 nitrogen and oxygen atoms in total. The highest BCUT2D eigenvalue weighted by molar-refractivity contribution is 9.10. The van der Waals surface area contributed by atoms with Gasteiger partial charge < -0.3 is 14.2 Å². The van der Waals surface area contributed by atoms with Gasteiger partial charge in [-0.25, -0.2) is 9.59 Å². The molecule has 0 bridgehead atoms. The van der Waals surface area contributed by atoms with E-state index in [0.29, 0.717) is 30.1 Å². The number of benzene rings is 3. The molecule has 0 aliphatic heterocycles. The van der Waals surface area contributed by atoms with Crippen LogP contribution >= 0.6 is 15.9 Å². The van der Waals surface area contributed by atoms with Crippen LogP contribution < -0.4 is 9.47 Å². The molecule has 0 spiro atoms. The van der Waals surface area contributed by atoms with E-state index in [0.717, 1.165) is 23.7 Å². The average molecular weight is 497 g/mol. The van der Waals surface area contributed by atoms with Crippen LogP contribution in [0.4, 0.5) is 0 Å². The van der Waals surface area contributed by atoms with E-state index in [9.17, 15) is 9.59 Å². The van der Waals surface area contributed by atoms with Crippen molar-refractivity contribution in [3.63, 3.8) is 0 Å². The molecule has 3 aromatic rings. The second-order valence-corrected chi connectivity index (χ2v) is 8.05. The molecule has 0 amide bonds. The third kappa shape index (κ3) is 6.95. The SMILES string of the molecule is CCCOc1ccc(Br)cc1C(=O)Oc1cccc(C(=O)OCCCc2ccccc2)c1. The van der Waals surface area contributed by atoms with Crippen molar-refractivity contribution in [2.45, 2.75) is 26.2 Å². The summed E-state index contributed by atoms with van der Waals surface area (Å²) in [5, 5.41) is 0. The lowest BCUT2D eigenvalue weighted by atomic mass is 10.1. The third-order valence-corrected chi connectivity index (χ3v) is 5.08. The van der Waals surface area contributed by atoms with Crippen LogP contribution in [-0.2, 0) is 11.2 Å². The van der Waals surface area contributed by atoms with Crippen LogP contribution in [0, 0.1) is 0 Å². The summed E-state index contributed by atoms with van der Waals surface area (Å²) in [6.07, 6.45) is 2.38. The Labute approximate surface area is 196 Å². The van der Waals surface area contributed by atoms with Crippen LogP contribution in [0.5, 0.6) is 11.5 Å². The van der Waals surface area contributed by atoms with Crippen LogP contribution in [0.2, 0.25) is 0 Å². The lowest BCUT2D eigenvalue weighted by Crippen LogP contribution is -2.12. The molecule has 0 N–H and O–H groups in total. The number of halogens is 1. The Hall–Kier alpha value is -3.12. The Kier molecular flexibility index (Phi) is 8.87. The summed E-state index contributed by atoms with van der Waals surface area (Å²) in [7, 11) is 0. The maximum absolute atomic E-state index is 12.7.